The zero-order chi connectivity index (χ0) is 11.4. The van der Waals surface area contributed by atoms with Crippen molar-refractivity contribution in [2.24, 2.45) is 0 Å². The van der Waals surface area contributed by atoms with Gasteiger partial charge >= 0.3 is 0 Å². The summed E-state index contributed by atoms with van der Waals surface area (Å²) in [4.78, 5) is 1.08. The third-order valence-corrected chi connectivity index (χ3v) is 3.61. The number of anilines is 1. The maximum absolute atomic E-state index is 5.96. The number of halogens is 2. The Bertz CT molecular complexity index is 430. The van der Waals surface area contributed by atoms with Gasteiger partial charge in [0.05, 0.1) is 10.1 Å². The highest BCUT2D eigenvalue weighted by atomic mass is 35.5. The molecule has 0 aliphatic rings. The third-order valence-electron chi connectivity index (χ3n) is 1.76. The van der Waals surface area contributed by atoms with Crippen LogP contribution in [0.3, 0.4) is 0 Å². The molecule has 1 aromatic heterocycles. The van der Waals surface area contributed by atoms with Crippen LogP contribution in [0, 0.1) is 0 Å². The van der Waals surface area contributed by atoms with E-state index in [1.807, 2.05) is 18.4 Å². The SMILES string of the molecule is C=C/C(Cl)=C(Cl)\C=C(/C)c1cc(N)cs1. The minimum absolute atomic E-state index is 0.445. The van der Waals surface area contributed by atoms with Gasteiger partial charge < -0.3 is 5.73 Å². The third kappa shape index (κ3) is 3.42. The monoisotopic (exact) mass is 259 g/mol. The molecule has 15 heavy (non-hydrogen) atoms. The molecule has 1 aromatic rings. The Kier molecular flexibility index (Phi) is 4.45. The molecular formula is C11H11Cl2NS. The summed E-state index contributed by atoms with van der Waals surface area (Å²) in [5.74, 6) is 0. The second-order valence-electron chi connectivity index (χ2n) is 2.97. The fraction of sp³-hybridized carbons (Fsp3) is 0.0909. The van der Waals surface area contributed by atoms with Crippen molar-refractivity contribution in [1.29, 1.82) is 0 Å². The van der Waals surface area contributed by atoms with E-state index in [1.54, 1.807) is 17.4 Å². The van der Waals surface area contributed by atoms with Crippen molar-refractivity contribution in [2.75, 3.05) is 5.73 Å². The van der Waals surface area contributed by atoms with Crippen molar-refractivity contribution in [3.05, 3.63) is 45.1 Å². The Morgan fingerprint density at radius 3 is 2.60 bits per heavy atom. The minimum Gasteiger partial charge on any atom is -0.398 e. The molecule has 0 amide bonds. The number of hydrogen-bond donors (Lipinski definition) is 1. The Morgan fingerprint density at radius 1 is 1.47 bits per heavy atom. The van der Waals surface area contributed by atoms with Crippen LogP contribution in [-0.2, 0) is 0 Å². The van der Waals surface area contributed by atoms with Gasteiger partial charge in [-0.3, -0.25) is 0 Å². The van der Waals surface area contributed by atoms with E-state index >= 15 is 0 Å². The number of thiophene rings is 1. The highest BCUT2D eigenvalue weighted by molar-refractivity contribution is 7.11. The molecule has 80 valence electrons. The predicted molar refractivity (Wildman–Crippen MR) is 71.3 cm³/mol. The van der Waals surface area contributed by atoms with E-state index in [9.17, 15) is 0 Å². The molecule has 0 saturated heterocycles. The average Bonchev–Trinajstić information content (AvgIpc) is 2.63. The lowest BCUT2D eigenvalue weighted by Crippen LogP contribution is -1.78. The van der Waals surface area contributed by atoms with Gasteiger partial charge in [0.2, 0.25) is 0 Å². The Balaban J connectivity index is 2.99. The highest BCUT2D eigenvalue weighted by Crippen LogP contribution is 2.27. The number of hydrogen-bond acceptors (Lipinski definition) is 2. The summed E-state index contributed by atoms with van der Waals surface area (Å²) >= 11 is 13.3. The van der Waals surface area contributed by atoms with Crippen molar-refractivity contribution in [1.82, 2.24) is 0 Å². The van der Waals surface area contributed by atoms with E-state index in [1.165, 1.54) is 6.08 Å². The lowest BCUT2D eigenvalue weighted by molar-refractivity contribution is 1.67. The van der Waals surface area contributed by atoms with Crippen LogP contribution in [0.4, 0.5) is 5.69 Å². The van der Waals surface area contributed by atoms with Crippen molar-refractivity contribution in [3.63, 3.8) is 0 Å². The van der Waals surface area contributed by atoms with Crippen LogP contribution in [0.5, 0.6) is 0 Å². The lowest BCUT2D eigenvalue weighted by Gasteiger charge is -1.97. The van der Waals surface area contributed by atoms with Gasteiger partial charge in [0, 0.05) is 15.9 Å². The topological polar surface area (TPSA) is 26.0 Å². The molecule has 0 fully saturated rings. The van der Waals surface area contributed by atoms with E-state index in [-0.39, 0.29) is 0 Å². The van der Waals surface area contributed by atoms with Gasteiger partial charge in [-0.05, 0) is 30.7 Å². The van der Waals surface area contributed by atoms with Gasteiger partial charge in [-0.25, -0.2) is 0 Å². The first-order valence-corrected chi connectivity index (χ1v) is 5.88. The molecule has 0 aliphatic heterocycles. The molecule has 1 heterocycles. The molecule has 1 nitrogen and oxygen atoms in total. The van der Waals surface area contributed by atoms with Gasteiger partial charge in [0.1, 0.15) is 0 Å². The van der Waals surface area contributed by atoms with Crippen LogP contribution in [0.1, 0.15) is 11.8 Å². The summed E-state index contributed by atoms with van der Waals surface area (Å²) in [6.07, 6.45) is 3.31. The second-order valence-corrected chi connectivity index (χ2v) is 4.70. The Morgan fingerprint density at radius 2 is 2.13 bits per heavy atom. The molecular weight excluding hydrogens is 249 g/mol. The Labute approximate surface area is 104 Å². The zero-order valence-electron chi connectivity index (χ0n) is 8.26. The lowest BCUT2D eigenvalue weighted by atomic mass is 10.2. The van der Waals surface area contributed by atoms with Gasteiger partial charge in [-0.15, -0.1) is 11.3 Å². The summed E-state index contributed by atoms with van der Waals surface area (Å²) < 4.78 is 0. The molecule has 0 spiro atoms. The van der Waals surface area contributed by atoms with Crippen molar-refractivity contribution in [3.8, 4) is 0 Å². The normalized spacial score (nSPS) is 13.7. The standard InChI is InChI=1S/C11H11Cl2NS/c1-3-9(12)10(13)4-7(2)11-5-8(14)6-15-11/h3-6H,1,14H2,2H3/b7-4+,10-9-. The van der Waals surface area contributed by atoms with Gasteiger partial charge in [-0.2, -0.15) is 0 Å². The van der Waals surface area contributed by atoms with E-state index in [4.69, 9.17) is 28.9 Å². The molecule has 4 heteroatoms. The predicted octanol–water partition coefficient (Wildman–Crippen LogP) is 4.61. The number of allylic oxidation sites excluding steroid dienone is 5. The molecule has 0 saturated carbocycles. The first-order chi connectivity index (χ1) is 7.04. The van der Waals surface area contributed by atoms with Crippen molar-refractivity contribution in [2.45, 2.75) is 6.92 Å². The number of nitrogen functional groups attached to an aromatic ring is 1. The molecule has 0 atom stereocenters. The fourth-order valence-corrected chi connectivity index (χ4v) is 2.06. The summed E-state index contributed by atoms with van der Waals surface area (Å²) in [6.45, 7) is 5.50. The van der Waals surface area contributed by atoms with Crippen LogP contribution >= 0.6 is 34.5 Å². The molecule has 0 bridgehead atoms. The van der Waals surface area contributed by atoms with Crippen LogP contribution in [0.15, 0.2) is 40.2 Å². The molecule has 0 unspecified atom stereocenters. The molecule has 0 radical (unpaired) electrons. The molecule has 0 aromatic carbocycles. The van der Waals surface area contributed by atoms with E-state index < -0.39 is 0 Å². The largest absolute Gasteiger partial charge is 0.398 e. The summed E-state index contributed by atoms with van der Waals surface area (Å²) in [7, 11) is 0. The molecule has 0 aliphatic carbocycles. The number of rotatable bonds is 3. The van der Waals surface area contributed by atoms with Crippen molar-refractivity contribution >= 4 is 45.8 Å². The first-order valence-electron chi connectivity index (χ1n) is 4.25. The maximum Gasteiger partial charge on any atom is 0.0595 e. The van der Waals surface area contributed by atoms with E-state index in [2.05, 4.69) is 6.58 Å². The van der Waals surface area contributed by atoms with E-state index in [0.717, 1.165) is 16.1 Å². The van der Waals surface area contributed by atoms with Gasteiger partial charge in [0.25, 0.3) is 0 Å². The van der Waals surface area contributed by atoms with Crippen LogP contribution in [-0.4, -0.2) is 0 Å². The zero-order valence-corrected chi connectivity index (χ0v) is 10.6. The molecule has 2 N–H and O–H groups in total. The summed E-state index contributed by atoms with van der Waals surface area (Å²) in [5.41, 5.74) is 7.42. The van der Waals surface area contributed by atoms with E-state index in [0.29, 0.717) is 10.1 Å². The van der Waals surface area contributed by atoms with Crippen LogP contribution in [0.25, 0.3) is 5.57 Å². The van der Waals surface area contributed by atoms with Crippen LogP contribution < -0.4 is 5.73 Å². The summed E-state index contributed by atoms with van der Waals surface area (Å²) in [5, 5.41) is 2.82. The van der Waals surface area contributed by atoms with Gasteiger partial charge in [0.15, 0.2) is 0 Å². The summed E-state index contributed by atoms with van der Waals surface area (Å²) in [6, 6.07) is 1.91. The average molecular weight is 260 g/mol. The molecule has 1 rings (SSSR count). The smallest absolute Gasteiger partial charge is 0.0595 e. The highest BCUT2D eigenvalue weighted by Gasteiger charge is 2.01. The minimum atomic E-state index is 0.445. The first kappa shape index (κ1) is 12.4. The fourth-order valence-electron chi connectivity index (χ4n) is 0.985. The van der Waals surface area contributed by atoms with Gasteiger partial charge in [-0.1, -0.05) is 29.8 Å². The maximum atomic E-state index is 5.96. The number of nitrogens with two attached hydrogens (primary N) is 1. The van der Waals surface area contributed by atoms with Crippen molar-refractivity contribution < 1.29 is 0 Å². The Hall–Kier alpha value is -0.700. The quantitative estimate of drug-likeness (QED) is 0.789. The second kappa shape index (κ2) is 5.40. The van der Waals surface area contributed by atoms with Crippen LogP contribution in [0.2, 0.25) is 0 Å².